The first-order valence-electron chi connectivity index (χ1n) is 13.1. The molecular weight excluding hydrogens is 603 g/mol. The van der Waals surface area contributed by atoms with Crippen molar-refractivity contribution in [3.8, 4) is 16.8 Å². The molecule has 2 aromatic heterocycles. The van der Waals surface area contributed by atoms with Crippen molar-refractivity contribution in [3.05, 3.63) is 76.6 Å². The van der Waals surface area contributed by atoms with Gasteiger partial charge in [-0.3, -0.25) is 0 Å². The van der Waals surface area contributed by atoms with Crippen LogP contribution in [0.1, 0.15) is 29.9 Å². The lowest BCUT2D eigenvalue weighted by atomic mass is 9.95. The van der Waals surface area contributed by atoms with Crippen LogP contribution in [0.4, 0.5) is 24.5 Å². The SMILES string of the molecule is Cc1cc(-c2c(C)noc2C)ccc1N(CC1CCNCC1)c1ccc(-n2ccnc2)c(Br)c1.O=C(O)C(F)(F)F. The van der Waals surface area contributed by atoms with E-state index in [0.717, 1.165) is 52.4 Å². The highest BCUT2D eigenvalue weighted by Gasteiger charge is 2.38. The lowest BCUT2D eigenvalue weighted by Gasteiger charge is -2.33. The van der Waals surface area contributed by atoms with Gasteiger partial charge in [0.15, 0.2) is 0 Å². The number of aromatic nitrogens is 3. The molecule has 1 aliphatic rings. The normalized spacial score (nSPS) is 13.9. The number of nitrogens with zero attached hydrogens (tertiary/aromatic N) is 4. The topological polar surface area (TPSA) is 96.4 Å². The summed E-state index contributed by atoms with van der Waals surface area (Å²) < 4.78 is 40.2. The van der Waals surface area contributed by atoms with Crippen molar-refractivity contribution in [3.63, 3.8) is 0 Å². The molecule has 0 atom stereocenters. The van der Waals surface area contributed by atoms with Crippen molar-refractivity contribution in [1.82, 2.24) is 20.0 Å². The Kier molecular flexibility index (Phi) is 9.54. The minimum atomic E-state index is -5.08. The van der Waals surface area contributed by atoms with Gasteiger partial charge >= 0.3 is 12.1 Å². The van der Waals surface area contributed by atoms with Crippen molar-refractivity contribution >= 4 is 33.3 Å². The molecule has 1 saturated heterocycles. The van der Waals surface area contributed by atoms with E-state index in [9.17, 15) is 13.2 Å². The molecular formula is C29H31BrF3N5O3. The number of halogens is 4. The monoisotopic (exact) mass is 633 g/mol. The van der Waals surface area contributed by atoms with Crippen LogP contribution in [0.2, 0.25) is 0 Å². The second-order valence-corrected chi connectivity index (χ2v) is 10.8. The third-order valence-electron chi connectivity index (χ3n) is 6.98. The summed E-state index contributed by atoms with van der Waals surface area (Å²) in [6.07, 6.45) is 2.89. The van der Waals surface area contributed by atoms with Gasteiger partial charge in [0.1, 0.15) is 5.76 Å². The summed E-state index contributed by atoms with van der Waals surface area (Å²) in [6, 6.07) is 13.3. The van der Waals surface area contributed by atoms with Gasteiger partial charge in [-0.05, 0) is 110 Å². The number of benzene rings is 2. The molecule has 41 heavy (non-hydrogen) atoms. The van der Waals surface area contributed by atoms with Gasteiger partial charge in [0.25, 0.3) is 0 Å². The van der Waals surface area contributed by atoms with Crippen LogP contribution in [-0.4, -0.2) is 51.6 Å². The van der Waals surface area contributed by atoms with E-state index in [4.69, 9.17) is 14.4 Å². The van der Waals surface area contributed by atoms with E-state index in [1.54, 1.807) is 6.20 Å². The summed E-state index contributed by atoms with van der Waals surface area (Å²) in [4.78, 5) is 15.6. The molecule has 0 amide bonds. The number of imidazole rings is 1. The number of carbonyl (C=O) groups is 1. The van der Waals surface area contributed by atoms with Crippen LogP contribution in [0.5, 0.6) is 0 Å². The number of alkyl halides is 3. The maximum absolute atomic E-state index is 10.6. The van der Waals surface area contributed by atoms with Gasteiger partial charge in [-0.2, -0.15) is 13.2 Å². The van der Waals surface area contributed by atoms with Crippen LogP contribution in [0.3, 0.4) is 0 Å². The highest BCUT2D eigenvalue weighted by Crippen LogP contribution is 2.37. The maximum Gasteiger partial charge on any atom is 0.490 e. The first-order chi connectivity index (χ1) is 19.5. The number of aliphatic carboxylic acids is 1. The third-order valence-corrected chi connectivity index (χ3v) is 7.61. The summed E-state index contributed by atoms with van der Waals surface area (Å²) in [5.41, 5.74) is 7.90. The molecule has 2 aromatic carbocycles. The highest BCUT2D eigenvalue weighted by atomic mass is 79.9. The number of piperidine rings is 1. The van der Waals surface area contributed by atoms with Gasteiger partial charge in [-0.15, -0.1) is 0 Å². The fraction of sp³-hybridized carbons (Fsp3) is 0.345. The molecule has 0 bridgehead atoms. The number of carboxylic acid groups (broad SMARTS) is 1. The van der Waals surface area contributed by atoms with Gasteiger partial charge in [-0.25, -0.2) is 9.78 Å². The predicted molar refractivity (Wildman–Crippen MR) is 154 cm³/mol. The summed E-state index contributed by atoms with van der Waals surface area (Å²) in [5.74, 6) is -1.25. The van der Waals surface area contributed by atoms with E-state index in [1.807, 2.05) is 30.9 Å². The Morgan fingerprint density at radius 2 is 1.88 bits per heavy atom. The number of nitrogens with one attached hydrogen (secondary N) is 1. The van der Waals surface area contributed by atoms with Gasteiger partial charge in [-0.1, -0.05) is 11.2 Å². The third kappa shape index (κ3) is 7.36. The summed E-state index contributed by atoms with van der Waals surface area (Å²) in [7, 11) is 0. The van der Waals surface area contributed by atoms with Crippen LogP contribution in [0.25, 0.3) is 16.8 Å². The molecule has 8 nitrogen and oxygen atoms in total. The first kappa shape index (κ1) is 30.3. The number of rotatable bonds is 6. The lowest BCUT2D eigenvalue weighted by Crippen LogP contribution is -2.34. The second-order valence-electron chi connectivity index (χ2n) is 9.91. The summed E-state index contributed by atoms with van der Waals surface area (Å²) in [5, 5.41) is 14.8. The smallest absolute Gasteiger partial charge is 0.475 e. The minimum absolute atomic E-state index is 0.648. The molecule has 0 radical (unpaired) electrons. The fourth-order valence-electron chi connectivity index (χ4n) is 4.95. The van der Waals surface area contributed by atoms with Gasteiger partial charge in [0.05, 0.1) is 17.7 Å². The number of hydrogen-bond donors (Lipinski definition) is 2. The Bertz CT molecular complexity index is 1460. The maximum atomic E-state index is 10.6. The van der Waals surface area contributed by atoms with E-state index < -0.39 is 12.1 Å². The van der Waals surface area contributed by atoms with E-state index in [0.29, 0.717) is 5.92 Å². The first-order valence-corrected chi connectivity index (χ1v) is 13.8. The molecule has 4 aromatic rings. The van der Waals surface area contributed by atoms with Crippen LogP contribution < -0.4 is 10.2 Å². The van der Waals surface area contributed by atoms with Gasteiger partial charge in [0.2, 0.25) is 0 Å². The zero-order valence-corrected chi connectivity index (χ0v) is 24.5. The lowest BCUT2D eigenvalue weighted by molar-refractivity contribution is -0.192. The fourth-order valence-corrected chi connectivity index (χ4v) is 5.52. The quantitative estimate of drug-likeness (QED) is 0.236. The molecule has 3 heterocycles. The number of carboxylic acids is 1. The number of hydrogen-bond acceptors (Lipinski definition) is 6. The van der Waals surface area contributed by atoms with Crippen LogP contribution in [0, 0.1) is 26.7 Å². The molecule has 12 heteroatoms. The summed E-state index contributed by atoms with van der Waals surface area (Å²) in [6.45, 7) is 9.34. The van der Waals surface area contributed by atoms with Crippen molar-refractivity contribution in [2.24, 2.45) is 5.92 Å². The molecule has 0 spiro atoms. The molecule has 218 valence electrons. The van der Waals surface area contributed by atoms with E-state index in [2.05, 4.69) is 79.6 Å². The Morgan fingerprint density at radius 1 is 1.17 bits per heavy atom. The predicted octanol–water partition coefficient (Wildman–Crippen LogP) is 6.99. The van der Waals surface area contributed by atoms with Crippen molar-refractivity contribution in [2.75, 3.05) is 24.5 Å². The Balaban J connectivity index is 0.000000493. The molecule has 2 N–H and O–H groups in total. The zero-order valence-electron chi connectivity index (χ0n) is 22.9. The molecule has 0 aliphatic carbocycles. The average molecular weight is 634 g/mol. The van der Waals surface area contributed by atoms with Crippen molar-refractivity contribution in [2.45, 2.75) is 39.8 Å². The molecule has 5 rings (SSSR count). The Hall–Kier alpha value is -3.64. The Morgan fingerprint density at radius 3 is 2.41 bits per heavy atom. The van der Waals surface area contributed by atoms with E-state index in [-0.39, 0.29) is 0 Å². The highest BCUT2D eigenvalue weighted by molar-refractivity contribution is 9.10. The van der Waals surface area contributed by atoms with E-state index in [1.165, 1.54) is 29.8 Å². The van der Waals surface area contributed by atoms with Crippen LogP contribution in [-0.2, 0) is 4.79 Å². The molecule has 1 fully saturated rings. The molecule has 1 aliphatic heterocycles. The standard InChI is InChI=1S/C27H30BrN5O.C2HF3O2/c1-18-14-22(27-19(2)31-34-20(27)3)4-6-25(18)33(16-21-8-10-29-11-9-21)23-5-7-26(24(28)15-23)32-13-12-30-17-32;3-2(4,5)1(6)7/h4-7,12-15,17,21,29H,8-11,16H2,1-3H3;(H,6,7). The van der Waals surface area contributed by atoms with Crippen molar-refractivity contribution in [1.29, 1.82) is 0 Å². The number of aryl methyl sites for hydroxylation is 3. The van der Waals surface area contributed by atoms with Gasteiger partial charge in [0, 0.05) is 40.3 Å². The van der Waals surface area contributed by atoms with E-state index >= 15 is 0 Å². The minimum Gasteiger partial charge on any atom is -0.475 e. The zero-order chi connectivity index (χ0) is 29.7. The van der Waals surface area contributed by atoms with Crippen LogP contribution >= 0.6 is 15.9 Å². The van der Waals surface area contributed by atoms with Crippen LogP contribution in [0.15, 0.2) is 64.1 Å². The summed E-state index contributed by atoms with van der Waals surface area (Å²) >= 11 is 3.80. The molecule has 0 saturated carbocycles. The largest absolute Gasteiger partial charge is 0.490 e. The second kappa shape index (κ2) is 12.9. The molecule has 0 unspecified atom stereocenters. The average Bonchev–Trinajstić information content (AvgIpc) is 3.57. The van der Waals surface area contributed by atoms with Crippen molar-refractivity contribution < 1.29 is 27.6 Å². The Labute approximate surface area is 244 Å². The van der Waals surface area contributed by atoms with Gasteiger partial charge < -0.3 is 24.4 Å². The number of anilines is 2.